The average Bonchev–Trinajstić information content (AvgIpc) is 2.70. The highest BCUT2D eigenvalue weighted by molar-refractivity contribution is 7.89. The lowest BCUT2D eigenvalue weighted by Crippen LogP contribution is -2.46. The van der Waals surface area contributed by atoms with Crippen LogP contribution in [0.25, 0.3) is 0 Å². The number of rotatable bonds is 6. The molecular formula is C19H23N3O4S. The molecule has 0 saturated carbocycles. The fourth-order valence-corrected chi connectivity index (χ4v) is 4.49. The van der Waals surface area contributed by atoms with Crippen molar-refractivity contribution in [3.8, 4) is 5.75 Å². The van der Waals surface area contributed by atoms with Crippen LogP contribution in [-0.2, 0) is 10.0 Å². The molecule has 2 aromatic rings. The molecule has 27 heavy (non-hydrogen) atoms. The molecule has 1 aliphatic heterocycles. The Morgan fingerprint density at radius 2 is 1.89 bits per heavy atom. The van der Waals surface area contributed by atoms with E-state index in [-0.39, 0.29) is 16.8 Å². The number of aromatic nitrogens is 1. The number of amides is 1. The van der Waals surface area contributed by atoms with Gasteiger partial charge in [-0.2, -0.15) is 4.31 Å². The first-order chi connectivity index (χ1) is 13.0. The second kappa shape index (κ2) is 8.49. The van der Waals surface area contributed by atoms with Crippen LogP contribution < -0.4 is 10.1 Å². The van der Waals surface area contributed by atoms with Crippen LogP contribution in [0.2, 0.25) is 0 Å². The second-order valence-corrected chi connectivity index (χ2v) is 8.21. The minimum Gasteiger partial charge on any atom is -0.494 e. The number of ether oxygens (including phenoxy) is 1. The van der Waals surface area contributed by atoms with Crippen LogP contribution in [0.3, 0.4) is 0 Å². The van der Waals surface area contributed by atoms with Crippen molar-refractivity contribution in [2.45, 2.75) is 30.7 Å². The van der Waals surface area contributed by atoms with Crippen molar-refractivity contribution in [2.75, 3.05) is 19.7 Å². The van der Waals surface area contributed by atoms with Crippen molar-refractivity contribution < 1.29 is 17.9 Å². The van der Waals surface area contributed by atoms with Gasteiger partial charge in [0.15, 0.2) is 0 Å². The van der Waals surface area contributed by atoms with Crippen molar-refractivity contribution in [3.63, 3.8) is 0 Å². The maximum absolute atomic E-state index is 12.8. The molecule has 1 aliphatic rings. The van der Waals surface area contributed by atoms with E-state index in [0.717, 1.165) is 0 Å². The number of nitrogens with zero attached hydrogens (tertiary/aromatic N) is 2. The predicted molar refractivity (Wildman–Crippen MR) is 101 cm³/mol. The van der Waals surface area contributed by atoms with E-state index in [2.05, 4.69) is 10.3 Å². The van der Waals surface area contributed by atoms with Gasteiger partial charge in [-0.3, -0.25) is 9.78 Å². The third kappa shape index (κ3) is 4.64. The molecule has 1 fully saturated rings. The van der Waals surface area contributed by atoms with E-state index in [1.165, 1.54) is 4.31 Å². The first-order valence-electron chi connectivity index (χ1n) is 8.95. The monoisotopic (exact) mass is 389 g/mol. The lowest BCUT2D eigenvalue weighted by molar-refractivity contribution is 0.0919. The zero-order valence-electron chi connectivity index (χ0n) is 15.2. The largest absolute Gasteiger partial charge is 0.494 e. The fraction of sp³-hybridized carbons (Fsp3) is 0.368. The van der Waals surface area contributed by atoms with Crippen LogP contribution >= 0.6 is 0 Å². The van der Waals surface area contributed by atoms with E-state index in [1.54, 1.807) is 48.7 Å². The van der Waals surface area contributed by atoms with Crippen LogP contribution in [0.4, 0.5) is 0 Å². The second-order valence-electron chi connectivity index (χ2n) is 6.27. The normalized spacial score (nSPS) is 16.0. The van der Waals surface area contributed by atoms with Gasteiger partial charge >= 0.3 is 0 Å². The number of hydrogen-bond acceptors (Lipinski definition) is 5. The van der Waals surface area contributed by atoms with E-state index in [4.69, 9.17) is 4.74 Å². The van der Waals surface area contributed by atoms with Gasteiger partial charge in [-0.1, -0.05) is 6.07 Å². The van der Waals surface area contributed by atoms with E-state index >= 15 is 0 Å². The minimum absolute atomic E-state index is 0.0636. The van der Waals surface area contributed by atoms with Crippen LogP contribution in [-0.4, -0.2) is 49.4 Å². The number of carbonyl (C=O) groups excluding carboxylic acids is 1. The standard InChI is InChI=1S/C19H23N3O4S/c1-2-26-16-6-8-17(9-7-16)27(24,25)22-13-10-15(11-14-22)21-19(23)18-5-3-4-12-20-18/h3-9,12,15H,2,10-11,13-14H2,1H3,(H,21,23). The molecule has 0 unspecified atom stereocenters. The van der Waals surface area contributed by atoms with Gasteiger partial charge in [0.2, 0.25) is 10.0 Å². The van der Waals surface area contributed by atoms with Crippen LogP contribution in [0.15, 0.2) is 53.6 Å². The van der Waals surface area contributed by atoms with Crippen LogP contribution in [0, 0.1) is 0 Å². The molecule has 1 N–H and O–H groups in total. The molecule has 7 nitrogen and oxygen atoms in total. The Morgan fingerprint density at radius 1 is 1.19 bits per heavy atom. The SMILES string of the molecule is CCOc1ccc(S(=O)(=O)N2CCC(NC(=O)c3ccccn3)CC2)cc1. The molecule has 144 valence electrons. The number of sulfonamides is 1. The summed E-state index contributed by atoms with van der Waals surface area (Å²) in [7, 11) is -3.55. The zero-order valence-corrected chi connectivity index (χ0v) is 16.0. The van der Waals surface area contributed by atoms with Crippen molar-refractivity contribution in [2.24, 2.45) is 0 Å². The summed E-state index contributed by atoms with van der Waals surface area (Å²) >= 11 is 0. The molecule has 0 radical (unpaired) electrons. The molecule has 1 aromatic heterocycles. The summed E-state index contributed by atoms with van der Waals surface area (Å²) in [5.41, 5.74) is 0.363. The summed E-state index contributed by atoms with van der Waals surface area (Å²) in [4.78, 5) is 16.5. The molecular weight excluding hydrogens is 366 g/mol. The molecule has 1 amide bonds. The van der Waals surface area contributed by atoms with Gasteiger partial charge in [0.25, 0.3) is 5.91 Å². The lowest BCUT2D eigenvalue weighted by atomic mass is 10.1. The number of pyridine rings is 1. The Kier molecular flexibility index (Phi) is 6.08. The molecule has 1 saturated heterocycles. The van der Waals surface area contributed by atoms with Crippen molar-refractivity contribution in [1.82, 2.24) is 14.6 Å². The van der Waals surface area contributed by atoms with Crippen LogP contribution in [0.5, 0.6) is 5.75 Å². The molecule has 0 aliphatic carbocycles. The van der Waals surface area contributed by atoms with E-state index < -0.39 is 10.0 Å². The topological polar surface area (TPSA) is 88.6 Å². The molecule has 1 aromatic carbocycles. The Labute approximate surface area is 159 Å². The van der Waals surface area contributed by atoms with Gasteiger partial charge in [0.05, 0.1) is 11.5 Å². The Balaban J connectivity index is 1.58. The highest BCUT2D eigenvalue weighted by Gasteiger charge is 2.30. The van der Waals surface area contributed by atoms with Crippen LogP contribution in [0.1, 0.15) is 30.3 Å². The molecule has 3 rings (SSSR count). The first-order valence-corrected chi connectivity index (χ1v) is 10.4. The van der Waals surface area contributed by atoms with Gasteiger partial charge in [0, 0.05) is 25.3 Å². The average molecular weight is 389 g/mol. The Hall–Kier alpha value is -2.45. The number of carbonyl (C=O) groups is 1. The highest BCUT2D eigenvalue weighted by Crippen LogP contribution is 2.23. The maximum atomic E-state index is 12.8. The predicted octanol–water partition coefficient (Wildman–Crippen LogP) is 2.06. The summed E-state index contributed by atoms with van der Waals surface area (Å²) in [6.45, 7) is 3.14. The summed E-state index contributed by atoms with van der Waals surface area (Å²) in [5, 5.41) is 2.93. The van der Waals surface area contributed by atoms with Gasteiger partial charge in [-0.05, 0) is 56.2 Å². The third-order valence-electron chi connectivity index (χ3n) is 4.46. The summed E-state index contributed by atoms with van der Waals surface area (Å²) < 4.78 is 32.4. The summed E-state index contributed by atoms with van der Waals surface area (Å²) in [5.74, 6) is 0.413. The van der Waals surface area contributed by atoms with Gasteiger partial charge in [-0.25, -0.2) is 8.42 Å². The molecule has 0 atom stereocenters. The molecule has 2 heterocycles. The van der Waals surface area contributed by atoms with Crippen molar-refractivity contribution in [1.29, 1.82) is 0 Å². The smallest absolute Gasteiger partial charge is 0.270 e. The molecule has 0 spiro atoms. The molecule has 8 heteroatoms. The van der Waals surface area contributed by atoms with E-state index in [9.17, 15) is 13.2 Å². The van der Waals surface area contributed by atoms with E-state index in [1.807, 2.05) is 6.92 Å². The third-order valence-corrected chi connectivity index (χ3v) is 6.37. The van der Waals surface area contributed by atoms with Gasteiger partial charge in [-0.15, -0.1) is 0 Å². The Bertz CT molecular complexity index is 862. The number of benzene rings is 1. The highest BCUT2D eigenvalue weighted by atomic mass is 32.2. The maximum Gasteiger partial charge on any atom is 0.270 e. The minimum atomic E-state index is -3.55. The first kappa shape index (κ1) is 19.3. The number of piperidine rings is 1. The number of nitrogens with one attached hydrogen (secondary N) is 1. The Morgan fingerprint density at radius 3 is 2.48 bits per heavy atom. The van der Waals surface area contributed by atoms with Gasteiger partial charge < -0.3 is 10.1 Å². The van der Waals surface area contributed by atoms with E-state index in [0.29, 0.717) is 44.0 Å². The summed E-state index contributed by atoms with van der Waals surface area (Å²) in [6, 6.07) is 11.6. The fourth-order valence-electron chi connectivity index (χ4n) is 3.02. The van der Waals surface area contributed by atoms with Crippen molar-refractivity contribution in [3.05, 3.63) is 54.4 Å². The number of hydrogen-bond donors (Lipinski definition) is 1. The van der Waals surface area contributed by atoms with Gasteiger partial charge in [0.1, 0.15) is 11.4 Å². The quantitative estimate of drug-likeness (QED) is 0.817. The zero-order chi connectivity index (χ0) is 19.3. The lowest BCUT2D eigenvalue weighted by Gasteiger charge is -2.31. The molecule has 0 bridgehead atoms. The van der Waals surface area contributed by atoms with Crippen molar-refractivity contribution >= 4 is 15.9 Å². The summed E-state index contributed by atoms with van der Waals surface area (Å²) in [6.07, 6.45) is 2.70.